The van der Waals surface area contributed by atoms with Crippen LogP contribution in [0.2, 0.25) is 0 Å². The molecule has 0 unspecified atom stereocenters. The minimum atomic E-state index is -0.453. The summed E-state index contributed by atoms with van der Waals surface area (Å²) in [6.45, 7) is 0.127. The van der Waals surface area contributed by atoms with Crippen molar-refractivity contribution in [3.05, 3.63) is 29.8 Å². The Morgan fingerprint density at radius 3 is 2.56 bits per heavy atom. The number of carbonyl (C=O) groups is 2. The lowest BCUT2D eigenvalue weighted by molar-refractivity contribution is -0.134. The van der Waals surface area contributed by atoms with E-state index in [4.69, 9.17) is 4.74 Å². The Morgan fingerprint density at radius 2 is 2.00 bits per heavy atom. The van der Waals surface area contributed by atoms with E-state index in [0.717, 1.165) is 0 Å². The third kappa shape index (κ3) is 3.82. The molecule has 0 saturated carbocycles. The van der Waals surface area contributed by atoms with Crippen molar-refractivity contribution < 1.29 is 23.8 Å². The van der Waals surface area contributed by atoms with Crippen molar-refractivity contribution in [2.45, 2.75) is 0 Å². The Hall–Kier alpha value is -1.69. The van der Waals surface area contributed by atoms with Crippen LogP contribution in [0.1, 0.15) is 10.4 Å². The van der Waals surface area contributed by atoms with Gasteiger partial charge in [-0.25, -0.2) is 4.79 Å². The fourth-order valence-electron chi connectivity index (χ4n) is 0.959. The zero-order chi connectivity index (χ0) is 11.8. The third-order valence-corrected chi connectivity index (χ3v) is 1.78. The molecule has 0 radical (unpaired) electrons. The Morgan fingerprint density at radius 1 is 1.31 bits per heavy atom. The van der Waals surface area contributed by atoms with Crippen molar-refractivity contribution >= 4 is 25.1 Å². The molecule has 0 aliphatic heterocycles. The number of hydrogen-bond acceptors (Lipinski definition) is 6. The second-order valence-corrected chi connectivity index (χ2v) is 2.87. The van der Waals surface area contributed by atoms with Gasteiger partial charge in [0, 0.05) is 0 Å². The molecule has 0 aliphatic rings. The molecule has 86 valence electrons. The topological polar surface area (TPSA) is 61.8 Å². The lowest BCUT2D eigenvalue weighted by atomic mass is 10.2. The van der Waals surface area contributed by atoms with Crippen LogP contribution < -0.4 is 4.74 Å². The fourth-order valence-corrected chi connectivity index (χ4v) is 1.08. The summed E-state index contributed by atoms with van der Waals surface area (Å²) in [4.78, 5) is 21.1. The van der Waals surface area contributed by atoms with E-state index in [-0.39, 0.29) is 12.7 Å². The highest BCUT2D eigenvalue weighted by Crippen LogP contribution is 2.12. The van der Waals surface area contributed by atoms with Crippen LogP contribution in [0.3, 0.4) is 0 Å². The largest absolute Gasteiger partial charge is 0.457 e. The van der Waals surface area contributed by atoms with Crippen LogP contribution in [0.4, 0.5) is 0 Å². The Balaban J connectivity index is 2.53. The fraction of sp³-hybridized carbons (Fsp3) is 0.200. The third-order valence-electron chi connectivity index (χ3n) is 1.65. The van der Waals surface area contributed by atoms with Gasteiger partial charge in [-0.15, -0.1) is 12.6 Å². The normalized spacial score (nSPS) is 9.31. The van der Waals surface area contributed by atoms with Gasteiger partial charge in [-0.3, -0.25) is 4.79 Å². The molecule has 0 fully saturated rings. The first-order chi connectivity index (χ1) is 7.77. The average Bonchev–Trinajstić information content (AvgIpc) is 2.30. The highest BCUT2D eigenvalue weighted by molar-refractivity contribution is 7.80. The molecule has 0 aliphatic carbocycles. The molecule has 0 heterocycles. The van der Waals surface area contributed by atoms with Gasteiger partial charge in [0.2, 0.25) is 6.79 Å². The van der Waals surface area contributed by atoms with Crippen molar-refractivity contribution in [1.29, 1.82) is 0 Å². The van der Waals surface area contributed by atoms with E-state index in [1.807, 2.05) is 0 Å². The van der Waals surface area contributed by atoms with E-state index >= 15 is 0 Å². The summed E-state index contributed by atoms with van der Waals surface area (Å²) in [5.41, 5.74) is 0.401. The van der Waals surface area contributed by atoms with Gasteiger partial charge in [0.15, 0.2) is 0 Å². The maximum Gasteiger partial charge on any atom is 0.338 e. The summed E-state index contributed by atoms with van der Waals surface area (Å²) in [7, 11) is 0. The number of esters is 1. The van der Waals surface area contributed by atoms with Gasteiger partial charge in [-0.1, -0.05) is 0 Å². The molecule has 5 nitrogen and oxygen atoms in total. The van der Waals surface area contributed by atoms with Crippen LogP contribution in [0.15, 0.2) is 24.3 Å². The highest BCUT2D eigenvalue weighted by atomic mass is 32.1. The van der Waals surface area contributed by atoms with Crippen LogP contribution in [0.25, 0.3) is 0 Å². The Bertz CT molecular complexity index is 349. The minimum absolute atomic E-state index is 0.0320. The number of rotatable bonds is 6. The predicted molar refractivity (Wildman–Crippen MR) is 58.4 cm³/mol. The van der Waals surface area contributed by atoms with Gasteiger partial charge in [0.25, 0.3) is 6.47 Å². The smallest absolute Gasteiger partial charge is 0.338 e. The second kappa shape index (κ2) is 6.73. The lowest BCUT2D eigenvalue weighted by Crippen LogP contribution is -2.04. The molecule has 0 atom stereocenters. The summed E-state index contributed by atoms with van der Waals surface area (Å²) in [6, 6.07) is 6.23. The maximum atomic E-state index is 11.2. The molecule has 1 aromatic rings. The number of ether oxygens (including phenoxy) is 3. The van der Waals surface area contributed by atoms with Gasteiger partial charge < -0.3 is 14.2 Å². The molecule has 0 amide bonds. The molecule has 0 aromatic heterocycles. The molecule has 16 heavy (non-hydrogen) atoms. The summed E-state index contributed by atoms with van der Waals surface area (Å²) < 4.78 is 14.0. The van der Waals surface area contributed by atoms with Crippen LogP contribution in [-0.4, -0.2) is 25.2 Å². The molecule has 0 bridgehead atoms. The molecular weight excluding hydrogens is 232 g/mol. The first-order valence-corrected chi connectivity index (χ1v) is 4.97. The predicted octanol–water partition coefficient (Wildman–Crippen LogP) is 1.24. The standard InChI is InChI=1S/C10H10O5S/c11-5-13-6-14-9-3-1-8(2-4-9)10(12)15-7-16/h1-5,16H,6-7H2. The molecule has 0 saturated heterocycles. The first kappa shape index (κ1) is 12.4. The van der Waals surface area contributed by atoms with Crippen molar-refractivity contribution in [2.24, 2.45) is 0 Å². The summed E-state index contributed by atoms with van der Waals surface area (Å²) in [6.07, 6.45) is 0. The average molecular weight is 242 g/mol. The van der Waals surface area contributed by atoms with Crippen molar-refractivity contribution in [3.8, 4) is 5.75 Å². The molecule has 0 spiro atoms. The quantitative estimate of drug-likeness (QED) is 0.267. The van der Waals surface area contributed by atoms with Crippen LogP contribution in [0.5, 0.6) is 5.75 Å². The SMILES string of the molecule is O=COCOc1ccc(C(=O)OCS)cc1. The van der Waals surface area contributed by atoms with E-state index < -0.39 is 5.97 Å². The Kier molecular flexibility index (Phi) is 5.21. The summed E-state index contributed by atoms with van der Waals surface area (Å²) >= 11 is 3.77. The lowest BCUT2D eigenvalue weighted by Gasteiger charge is -2.05. The molecule has 6 heteroatoms. The van der Waals surface area contributed by atoms with Crippen molar-refractivity contribution in [2.75, 3.05) is 12.7 Å². The number of thiol groups is 1. The van der Waals surface area contributed by atoms with Crippen LogP contribution >= 0.6 is 12.6 Å². The van der Waals surface area contributed by atoms with E-state index in [1.54, 1.807) is 24.3 Å². The van der Waals surface area contributed by atoms with Gasteiger partial charge >= 0.3 is 5.97 Å². The van der Waals surface area contributed by atoms with Crippen LogP contribution in [0, 0.1) is 0 Å². The zero-order valence-corrected chi connectivity index (χ0v) is 9.18. The van der Waals surface area contributed by atoms with Gasteiger partial charge in [-0.05, 0) is 24.3 Å². The van der Waals surface area contributed by atoms with Gasteiger partial charge in [-0.2, -0.15) is 0 Å². The maximum absolute atomic E-state index is 11.2. The number of benzene rings is 1. The Labute approximate surface area is 97.7 Å². The molecule has 0 N–H and O–H groups in total. The highest BCUT2D eigenvalue weighted by Gasteiger charge is 2.05. The van der Waals surface area contributed by atoms with E-state index in [1.165, 1.54) is 0 Å². The van der Waals surface area contributed by atoms with E-state index in [2.05, 4.69) is 22.1 Å². The van der Waals surface area contributed by atoms with Crippen molar-refractivity contribution in [1.82, 2.24) is 0 Å². The van der Waals surface area contributed by atoms with Crippen molar-refractivity contribution in [3.63, 3.8) is 0 Å². The summed E-state index contributed by atoms with van der Waals surface area (Å²) in [5, 5.41) is 0. The van der Waals surface area contributed by atoms with E-state index in [9.17, 15) is 9.59 Å². The van der Waals surface area contributed by atoms with Gasteiger partial charge in [0.05, 0.1) is 5.56 Å². The molecule has 1 aromatic carbocycles. The summed E-state index contributed by atoms with van der Waals surface area (Å²) in [5.74, 6) is 0.0690. The minimum Gasteiger partial charge on any atom is -0.457 e. The monoisotopic (exact) mass is 242 g/mol. The number of carbonyl (C=O) groups excluding carboxylic acids is 2. The van der Waals surface area contributed by atoms with Crippen LogP contribution in [-0.2, 0) is 14.3 Å². The molecule has 1 rings (SSSR count). The first-order valence-electron chi connectivity index (χ1n) is 4.34. The second-order valence-electron chi connectivity index (χ2n) is 2.61. The van der Waals surface area contributed by atoms with E-state index in [0.29, 0.717) is 17.8 Å². The zero-order valence-electron chi connectivity index (χ0n) is 8.29. The molecular formula is C10H10O5S. The number of hydrogen-bond donors (Lipinski definition) is 1. The van der Waals surface area contributed by atoms with Gasteiger partial charge in [0.1, 0.15) is 11.7 Å².